The van der Waals surface area contributed by atoms with E-state index in [0.29, 0.717) is 11.3 Å². The van der Waals surface area contributed by atoms with Crippen molar-refractivity contribution >= 4 is 27.5 Å². The summed E-state index contributed by atoms with van der Waals surface area (Å²) in [5.41, 5.74) is 1.65. The molecule has 0 saturated heterocycles. The number of benzene rings is 2. The van der Waals surface area contributed by atoms with E-state index in [2.05, 4.69) is 15.9 Å². The largest absolute Gasteiger partial charge is 0.496 e. The Labute approximate surface area is 129 Å². The van der Waals surface area contributed by atoms with E-state index in [1.54, 1.807) is 12.1 Å². The number of methoxy groups -OCH3 is 1. The van der Waals surface area contributed by atoms with Crippen LogP contribution in [0.15, 0.2) is 34.8 Å². The highest BCUT2D eigenvalue weighted by Gasteiger charge is 2.21. The first-order valence-corrected chi connectivity index (χ1v) is 7.10. The van der Waals surface area contributed by atoms with Crippen molar-refractivity contribution in [2.75, 3.05) is 7.11 Å². The molecule has 0 spiro atoms. The zero-order chi connectivity index (χ0) is 14.9. The third-order valence-electron chi connectivity index (χ3n) is 2.97. The predicted octanol–water partition coefficient (Wildman–Crippen LogP) is 5.37. The Morgan fingerprint density at radius 3 is 2.45 bits per heavy atom. The van der Waals surface area contributed by atoms with E-state index in [1.807, 2.05) is 13.0 Å². The fraction of sp³-hybridized carbons (Fsp3) is 0.200. The average molecular weight is 362 g/mol. The molecule has 0 fully saturated rings. The van der Waals surface area contributed by atoms with Crippen LogP contribution in [0.3, 0.4) is 0 Å². The lowest BCUT2D eigenvalue weighted by Gasteiger charge is -2.16. The summed E-state index contributed by atoms with van der Waals surface area (Å²) in [7, 11) is 1.51. The third kappa shape index (κ3) is 2.96. The molecule has 0 radical (unpaired) electrons. The summed E-state index contributed by atoms with van der Waals surface area (Å²) in [6.07, 6.45) is 0. The minimum absolute atomic E-state index is 0.0684. The molecule has 0 aliphatic rings. The highest BCUT2D eigenvalue weighted by molar-refractivity contribution is 9.10. The Morgan fingerprint density at radius 1 is 1.10 bits per heavy atom. The first-order valence-electron chi connectivity index (χ1n) is 5.87. The van der Waals surface area contributed by atoms with Crippen molar-refractivity contribution in [3.05, 3.63) is 63.1 Å². The van der Waals surface area contributed by atoms with E-state index in [0.717, 1.165) is 17.7 Å². The Hall–Kier alpha value is -1.13. The molecule has 2 rings (SSSR count). The van der Waals surface area contributed by atoms with Crippen molar-refractivity contribution in [3.8, 4) is 5.75 Å². The van der Waals surface area contributed by atoms with Crippen LogP contribution in [0.5, 0.6) is 5.75 Å². The first-order chi connectivity index (χ1) is 9.43. The van der Waals surface area contributed by atoms with Crippen LogP contribution in [0, 0.1) is 18.6 Å². The molecule has 0 amide bonds. The first kappa shape index (κ1) is 15.3. The van der Waals surface area contributed by atoms with E-state index in [1.165, 1.54) is 7.11 Å². The molecule has 1 atom stereocenters. The number of rotatable bonds is 3. The average Bonchev–Trinajstić information content (AvgIpc) is 2.42. The molecule has 1 unspecified atom stereocenters. The molecule has 2 aromatic carbocycles. The maximum absolute atomic E-state index is 14.0. The Kier molecular flexibility index (Phi) is 4.66. The van der Waals surface area contributed by atoms with Gasteiger partial charge in [-0.15, -0.1) is 11.6 Å². The van der Waals surface area contributed by atoms with E-state index in [9.17, 15) is 8.78 Å². The SMILES string of the molecule is COc1ccc(C)cc1C(Cl)c1cc(F)c(Br)cc1F. The van der Waals surface area contributed by atoms with Crippen LogP contribution in [0.1, 0.15) is 22.1 Å². The quantitative estimate of drug-likeness (QED) is 0.527. The van der Waals surface area contributed by atoms with Gasteiger partial charge in [0.15, 0.2) is 0 Å². The van der Waals surface area contributed by atoms with Crippen LogP contribution in [-0.2, 0) is 0 Å². The summed E-state index contributed by atoms with van der Waals surface area (Å²) >= 11 is 9.26. The number of hydrogen-bond acceptors (Lipinski definition) is 1. The molecular formula is C15H12BrClF2O. The number of ether oxygens (including phenoxy) is 1. The van der Waals surface area contributed by atoms with Gasteiger partial charge in [0.1, 0.15) is 17.4 Å². The van der Waals surface area contributed by atoms with Gasteiger partial charge in [0.25, 0.3) is 0 Å². The van der Waals surface area contributed by atoms with E-state index in [4.69, 9.17) is 16.3 Å². The van der Waals surface area contributed by atoms with Gasteiger partial charge in [-0.25, -0.2) is 8.78 Å². The summed E-state index contributed by atoms with van der Waals surface area (Å²) in [5.74, 6) is -0.584. The van der Waals surface area contributed by atoms with Crippen LogP contribution in [-0.4, -0.2) is 7.11 Å². The summed E-state index contributed by atoms with van der Waals surface area (Å²) in [6, 6.07) is 7.59. The van der Waals surface area contributed by atoms with Crippen molar-refractivity contribution in [2.24, 2.45) is 0 Å². The predicted molar refractivity (Wildman–Crippen MR) is 79.5 cm³/mol. The minimum Gasteiger partial charge on any atom is -0.496 e. The van der Waals surface area contributed by atoms with Gasteiger partial charge in [0, 0.05) is 11.1 Å². The molecule has 0 aliphatic carbocycles. The van der Waals surface area contributed by atoms with Crippen molar-refractivity contribution in [1.82, 2.24) is 0 Å². The van der Waals surface area contributed by atoms with Crippen molar-refractivity contribution in [1.29, 1.82) is 0 Å². The lowest BCUT2D eigenvalue weighted by Crippen LogP contribution is -2.02. The molecule has 0 aliphatic heterocycles. The van der Waals surface area contributed by atoms with Gasteiger partial charge in [0.2, 0.25) is 0 Å². The molecule has 0 N–H and O–H groups in total. The van der Waals surface area contributed by atoms with Gasteiger partial charge in [-0.05, 0) is 41.1 Å². The zero-order valence-electron chi connectivity index (χ0n) is 10.9. The summed E-state index contributed by atoms with van der Waals surface area (Å²) in [6.45, 7) is 1.89. The zero-order valence-corrected chi connectivity index (χ0v) is 13.2. The van der Waals surface area contributed by atoms with Crippen LogP contribution >= 0.6 is 27.5 Å². The van der Waals surface area contributed by atoms with Gasteiger partial charge in [-0.1, -0.05) is 17.7 Å². The second kappa shape index (κ2) is 6.10. The van der Waals surface area contributed by atoms with E-state index in [-0.39, 0.29) is 10.0 Å². The Bertz CT molecular complexity index is 646. The molecule has 0 heterocycles. The monoisotopic (exact) mass is 360 g/mol. The molecule has 1 nitrogen and oxygen atoms in total. The van der Waals surface area contributed by atoms with Gasteiger partial charge in [0.05, 0.1) is 17.0 Å². The van der Waals surface area contributed by atoms with Gasteiger partial charge < -0.3 is 4.74 Å². The van der Waals surface area contributed by atoms with E-state index >= 15 is 0 Å². The standard InChI is InChI=1S/C15H12BrClF2O/c1-8-3-4-14(20-2)10(5-8)15(17)9-6-13(19)11(16)7-12(9)18/h3-7,15H,1-2H3. The van der Waals surface area contributed by atoms with Gasteiger partial charge in [-0.3, -0.25) is 0 Å². The Balaban J connectivity index is 2.54. The topological polar surface area (TPSA) is 9.23 Å². The normalized spacial score (nSPS) is 12.3. The van der Waals surface area contributed by atoms with Crippen molar-refractivity contribution in [3.63, 3.8) is 0 Å². The molecular weight excluding hydrogens is 350 g/mol. The third-order valence-corrected chi connectivity index (χ3v) is 4.05. The molecule has 2 aromatic rings. The fourth-order valence-corrected chi connectivity index (χ4v) is 2.60. The number of aryl methyl sites for hydroxylation is 1. The second-order valence-electron chi connectivity index (χ2n) is 4.40. The number of hydrogen-bond donors (Lipinski definition) is 0. The maximum Gasteiger partial charge on any atom is 0.137 e. The molecule has 20 heavy (non-hydrogen) atoms. The van der Waals surface area contributed by atoms with Crippen molar-refractivity contribution < 1.29 is 13.5 Å². The molecule has 0 saturated carbocycles. The molecule has 106 valence electrons. The van der Waals surface area contributed by atoms with E-state index < -0.39 is 17.0 Å². The summed E-state index contributed by atoms with van der Waals surface area (Å²) < 4.78 is 32.9. The smallest absolute Gasteiger partial charge is 0.137 e. The fourth-order valence-electron chi connectivity index (χ4n) is 1.95. The maximum atomic E-state index is 14.0. The van der Waals surface area contributed by atoms with Crippen LogP contribution in [0.25, 0.3) is 0 Å². The highest BCUT2D eigenvalue weighted by atomic mass is 79.9. The molecule has 0 bridgehead atoms. The minimum atomic E-state index is -0.826. The van der Waals surface area contributed by atoms with Gasteiger partial charge >= 0.3 is 0 Å². The van der Waals surface area contributed by atoms with Crippen LogP contribution < -0.4 is 4.74 Å². The molecule has 5 heteroatoms. The summed E-state index contributed by atoms with van der Waals surface area (Å²) in [5, 5.41) is -0.826. The summed E-state index contributed by atoms with van der Waals surface area (Å²) in [4.78, 5) is 0. The van der Waals surface area contributed by atoms with Crippen LogP contribution in [0.4, 0.5) is 8.78 Å². The lowest BCUT2D eigenvalue weighted by atomic mass is 10.0. The second-order valence-corrected chi connectivity index (χ2v) is 5.69. The van der Waals surface area contributed by atoms with Gasteiger partial charge in [-0.2, -0.15) is 0 Å². The Morgan fingerprint density at radius 2 is 1.80 bits per heavy atom. The van der Waals surface area contributed by atoms with Crippen LogP contribution in [0.2, 0.25) is 0 Å². The number of alkyl halides is 1. The highest BCUT2D eigenvalue weighted by Crippen LogP contribution is 2.38. The lowest BCUT2D eigenvalue weighted by molar-refractivity contribution is 0.409. The number of halogens is 4. The van der Waals surface area contributed by atoms with Crippen molar-refractivity contribution in [2.45, 2.75) is 12.3 Å². The molecule has 0 aromatic heterocycles.